The summed E-state index contributed by atoms with van der Waals surface area (Å²) in [7, 11) is 0. The maximum atomic E-state index is 14.5. The lowest BCUT2D eigenvalue weighted by Gasteiger charge is -2.09. The monoisotopic (exact) mass is 409 g/mol. The van der Waals surface area contributed by atoms with E-state index in [-0.39, 0.29) is 22.7 Å². The van der Waals surface area contributed by atoms with Crippen LogP contribution in [-0.2, 0) is 6.54 Å². The van der Waals surface area contributed by atoms with Gasteiger partial charge in [-0.3, -0.25) is 4.68 Å². The number of alkyl halides is 3. The highest BCUT2D eigenvalue weighted by Gasteiger charge is 2.42. The van der Waals surface area contributed by atoms with E-state index in [1.54, 1.807) is 29.0 Å². The maximum absolute atomic E-state index is 14.5. The molecule has 0 bridgehead atoms. The number of imidazole rings is 1. The Hall–Kier alpha value is -2.68. The van der Waals surface area contributed by atoms with Crippen LogP contribution in [-0.4, -0.2) is 30.6 Å². The fraction of sp³-hybridized carbons (Fsp3) is 0.278. The molecule has 0 spiro atoms. The molecule has 0 N–H and O–H groups in total. The van der Waals surface area contributed by atoms with Gasteiger partial charge in [0.2, 0.25) is 0 Å². The van der Waals surface area contributed by atoms with Crippen molar-refractivity contribution in [2.24, 2.45) is 0 Å². The fourth-order valence-corrected chi connectivity index (χ4v) is 3.95. The molecule has 0 amide bonds. The van der Waals surface area contributed by atoms with Crippen molar-refractivity contribution >= 4 is 28.2 Å². The van der Waals surface area contributed by atoms with Crippen molar-refractivity contribution < 1.29 is 17.6 Å². The zero-order valence-corrected chi connectivity index (χ0v) is 14.9. The second kappa shape index (κ2) is 5.91. The smallest absolute Gasteiger partial charge is 0.256 e. The van der Waals surface area contributed by atoms with Crippen molar-refractivity contribution in [1.29, 1.82) is 0 Å². The highest BCUT2D eigenvalue weighted by atomic mass is 35.5. The predicted molar refractivity (Wildman–Crippen MR) is 93.8 cm³/mol. The van der Waals surface area contributed by atoms with Gasteiger partial charge in [-0.2, -0.15) is 23.4 Å². The third kappa shape index (κ3) is 2.90. The molecule has 3 heterocycles. The van der Waals surface area contributed by atoms with Crippen molar-refractivity contribution in [3.8, 4) is 0 Å². The summed E-state index contributed by atoms with van der Waals surface area (Å²) in [5, 5.41) is 8.23. The summed E-state index contributed by atoms with van der Waals surface area (Å²) < 4.78 is 55.2. The molecule has 0 saturated heterocycles. The van der Waals surface area contributed by atoms with Gasteiger partial charge in [0.1, 0.15) is 17.5 Å². The van der Waals surface area contributed by atoms with Crippen LogP contribution in [0.2, 0.25) is 5.15 Å². The first-order valence-corrected chi connectivity index (χ1v) is 8.89. The Balaban J connectivity index is 1.54. The first-order chi connectivity index (χ1) is 13.3. The second-order valence-corrected chi connectivity index (χ2v) is 7.31. The van der Waals surface area contributed by atoms with Gasteiger partial charge in [0.15, 0.2) is 5.65 Å². The summed E-state index contributed by atoms with van der Waals surface area (Å²) in [6, 6.07) is 4.70. The molecular formula is C18H12ClF4N5. The summed E-state index contributed by atoms with van der Waals surface area (Å²) in [5.41, 5.74) is 2.33. The molecular weight excluding hydrogens is 398 g/mol. The Kier molecular flexibility index (Phi) is 3.67. The fourth-order valence-electron chi connectivity index (χ4n) is 3.75. The molecule has 1 aliphatic carbocycles. The van der Waals surface area contributed by atoms with Crippen LogP contribution in [0.15, 0.2) is 36.8 Å². The normalized spacial score (nSPS) is 19.6. The molecule has 5 nitrogen and oxygen atoms in total. The second-order valence-electron chi connectivity index (χ2n) is 6.92. The molecule has 4 aromatic rings. The quantitative estimate of drug-likeness (QED) is 0.461. The van der Waals surface area contributed by atoms with Crippen LogP contribution in [0, 0.1) is 5.82 Å². The van der Waals surface area contributed by atoms with E-state index < -0.39 is 18.5 Å². The molecule has 28 heavy (non-hydrogen) atoms. The van der Waals surface area contributed by atoms with Crippen molar-refractivity contribution in [2.45, 2.75) is 31.0 Å². The Morgan fingerprint density at radius 1 is 1.18 bits per heavy atom. The van der Waals surface area contributed by atoms with E-state index in [4.69, 9.17) is 11.6 Å². The third-order valence-electron chi connectivity index (χ3n) is 5.04. The molecule has 0 radical (unpaired) electrons. The van der Waals surface area contributed by atoms with Gasteiger partial charge in [-0.05, 0) is 42.0 Å². The summed E-state index contributed by atoms with van der Waals surface area (Å²) in [5.74, 6) is -0.571. The van der Waals surface area contributed by atoms with Gasteiger partial charge >= 0.3 is 6.18 Å². The predicted octanol–water partition coefficient (Wildman–Crippen LogP) is 4.70. The number of rotatable bonds is 3. The van der Waals surface area contributed by atoms with Crippen molar-refractivity contribution in [3.05, 3.63) is 58.9 Å². The van der Waals surface area contributed by atoms with Gasteiger partial charge < -0.3 is 0 Å². The lowest BCUT2D eigenvalue weighted by Crippen LogP contribution is -2.18. The van der Waals surface area contributed by atoms with Crippen molar-refractivity contribution in [1.82, 2.24) is 24.4 Å². The highest BCUT2D eigenvalue weighted by Crippen LogP contribution is 2.56. The average molecular weight is 410 g/mol. The summed E-state index contributed by atoms with van der Waals surface area (Å²) in [6.07, 6.45) is 0.709. The molecule has 1 saturated carbocycles. The highest BCUT2D eigenvalue weighted by molar-refractivity contribution is 6.29. The Morgan fingerprint density at radius 2 is 2.00 bits per heavy atom. The van der Waals surface area contributed by atoms with Gasteiger partial charge in [-0.15, -0.1) is 0 Å². The summed E-state index contributed by atoms with van der Waals surface area (Å²) >= 11 is 6.08. The SMILES string of the molecule is Fc1cc([C@H]2C[C@@H]2c2cc(Cl)nn3ccnc23)cc2c1cnn2CC(F)(F)F. The van der Waals surface area contributed by atoms with Crippen LogP contribution in [0.4, 0.5) is 17.6 Å². The van der Waals surface area contributed by atoms with Crippen LogP contribution in [0.1, 0.15) is 29.4 Å². The number of benzene rings is 1. The molecule has 1 aromatic carbocycles. The zero-order valence-electron chi connectivity index (χ0n) is 14.2. The van der Waals surface area contributed by atoms with Crippen LogP contribution >= 0.6 is 11.6 Å². The Labute approximate surface area is 160 Å². The van der Waals surface area contributed by atoms with Gasteiger partial charge in [-0.25, -0.2) is 13.9 Å². The molecule has 0 aliphatic heterocycles. The molecule has 10 heteroatoms. The van der Waals surface area contributed by atoms with E-state index in [9.17, 15) is 17.6 Å². The van der Waals surface area contributed by atoms with Gasteiger partial charge in [0.05, 0.1) is 17.1 Å². The van der Waals surface area contributed by atoms with E-state index in [0.717, 1.165) is 22.9 Å². The minimum Gasteiger partial charge on any atom is -0.256 e. The lowest BCUT2D eigenvalue weighted by atomic mass is 10.0. The molecule has 0 unspecified atom stereocenters. The van der Waals surface area contributed by atoms with Crippen LogP contribution in [0.5, 0.6) is 0 Å². The summed E-state index contributed by atoms with van der Waals surface area (Å²) in [4.78, 5) is 4.29. The Bertz CT molecular complexity index is 1210. The lowest BCUT2D eigenvalue weighted by molar-refractivity contribution is -0.141. The number of fused-ring (bicyclic) bond motifs is 2. The number of halogens is 5. The first kappa shape index (κ1) is 17.4. The van der Waals surface area contributed by atoms with Crippen LogP contribution in [0.3, 0.4) is 0 Å². The van der Waals surface area contributed by atoms with E-state index in [1.807, 2.05) is 0 Å². The van der Waals surface area contributed by atoms with Gasteiger partial charge in [-0.1, -0.05) is 11.6 Å². The molecule has 2 atom stereocenters. The number of hydrogen-bond acceptors (Lipinski definition) is 3. The number of aromatic nitrogens is 5. The molecule has 5 rings (SSSR count). The van der Waals surface area contributed by atoms with Crippen LogP contribution < -0.4 is 0 Å². The average Bonchev–Trinajstić information content (AvgIpc) is 3.09. The topological polar surface area (TPSA) is 48.0 Å². The molecule has 1 aliphatic rings. The molecule has 1 fully saturated rings. The van der Waals surface area contributed by atoms with E-state index in [0.29, 0.717) is 16.4 Å². The summed E-state index contributed by atoms with van der Waals surface area (Å²) in [6.45, 7) is -1.26. The minimum absolute atomic E-state index is 0.0351. The zero-order chi connectivity index (χ0) is 19.6. The molecule has 3 aromatic heterocycles. The van der Waals surface area contributed by atoms with Gasteiger partial charge in [0.25, 0.3) is 0 Å². The third-order valence-corrected chi connectivity index (χ3v) is 5.22. The largest absolute Gasteiger partial charge is 0.408 e. The van der Waals surface area contributed by atoms with E-state index in [2.05, 4.69) is 15.2 Å². The van der Waals surface area contributed by atoms with Crippen molar-refractivity contribution in [3.63, 3.8) is 0 Å². The minimum atomic E-state index is -4.44. The van der Waals surface area contributed by atoms with E-state index in [1.165, 1.54) is 6.07 Å². The van der Waals surface area contributed by atoms with Crippen molar-refractivity contribution in [2.75, 3.05) is 0 Å². The Morgan fingerprint density at radius 3 is 2.79 bits per heavy atom. The van der Waals surface area contributed by atoms with E-state index >= 15 is 0 Å². The van der Waals surface area contributed by atoms with Gasteiger partial charge in [0, 0.05) is 18.0 Å². The number of nitrogens with zero attached hydrogens (tertiary/aromatic N) is 5. The molecule has 144 valence electrons. The van der Waals surface area contributed by atoms with Crippen LogP contribution in [0.25, 0.3) is 16.6 Å². The standard InChI is InChI=1S/C18H12ClF4N5/c19-16-6-12(17-24-1-2-27(17)26-16)11-5-10(11)9-3-14(20)13-7-25-28(15(13)4-9)8-18(21,22)23/h1-4,6-7,10-11H,5,8H2/t10-,11+/m1/s1. The first-order valence-electron chi connectivity index (χ1n) is 8.51. The maximum Gasteiger partial charge on any atom is 0.408 e. The number of hydrogen-bond donors (Lipinski definition) is 0.